The lowest BCUT2D eigenvalue weighted by atomic mass is 9.69. The molecule has 0 saturated heterocycles. The van der Waals surface area contributed by atoms with Crippen LogP contribution in [-0.4, -0.2) is 0 Å². The van der Waals surface area contributed by atoms with Gasteiger partial charge in [-0.1, -0.05) is 40.5 Å². The maximum absolute atomic E-state index is 2.42. The molecule has 0 aromatic heterocycles. The average Bonchev–Trinajstić information content (AvgIpc) is 2.03. The first-order valence-electron chi connectivity index (χ1n) is 5.65. The molecule has 12 heavy (non-hydrogen) atoms. The standard InChI is InChI=1S/C12H24/c1-5-11-8-10(4)6-7-12(11)9(2)3/h9-12H,5-8H2,1-4H3/t10-,11-,12-/m0/s1. The Bertz CT molecular complexity index is 126. The van der Waals surface area contributed by atoms with Crippen molar-refractivity contribution in [3.05, 3.63) is 0 Å². The summed E-state index contributed by atoms with van der Waals surface area (Å²) in [4.78, 5) is 0. The normalized spacial score (nSPS) is 37.2. The monoisotopic (exact) mass is 168 g/mol. The summed E-state index contributed by atoms with van der Waals surface area (Å²) in [6.07, 6.45) is 5.84. The van der Waals surface area contributed by atoms with Crippen molar-refractivity contribution in [1.82, 2.24) is 0 Å². The predicted octanol–water partition coefficient (Wildman–Crippen LogP) is 4.10. The molecule has 0 spiro atoms. The first kappa shape index (κ1) is 10.1. The Morgan fingerprint density at radius 1 is 1.25 bits per heavy atom. The number of hydrogen-bond donors (Lipinski definition) is 0. The van der Waals surface area contributed by atoms with E-state index in [1.165, 1.54) is 25.7 Å². The maximum Gasteiger partial charge on any atom is -0.0363 e. The molecule has 1 fully saturated rings. The third kappa shape index (κ3) is 2.24. The molecule has 0 amide bonds. The molecule has 0 aromatic carbocycles. The molecule has 0 aromatic rings. The van der Waals surface area contributed by atoms with Crippen LogP contribution in [0.25, 0.3) is 0 Å². The van der Waals surface area contributed by atoms with Crippen LogP contribution < -0.4 is 0 Å². The van der Waals surface area contributed by atoms with Crippen LogP contribution in [0, 0.1) is 23.7 Å². The van der Waals surface area contributed by atoms with Gasteiger partial charge in [-0.2, -0.15) is 0 Å². The van der Waals surface area contributed by atoms with E-state index in [1.54, 1.807) is 0 Å². The van der Waals surface area contributed by atoms with Crippen molar-refractivity contribution in [2.24, 2.45) is 23.7 Å². The second-order valence-electron chi connectivity index (χ2n) is 4.99. The second kappa shape index (κ2) is 4.30. The highest BCUT2D eigenvalue weighted by molar-refractivity contribution is 4.79. The molecule has 1 rings (SSSR count). The van der Waals surface area contributed by atoms with Crippen molar-refractivity contribution >= 4 is 0 Å². The van der Waals surface area contributed by atoms with Crippen molar-refractivity contribution < 1.29 is 0 Å². The molecule has 1 aliphatic carbocycles. The predicted molar refractivity (Wildman–Crippen MR) is 55.1 cm³/mol. The van der Waals surface area contributed by atoms with Crippen molar-refractivity contribution in [1.29, 1.82) is 0 Å². The molecule has 0 heteroatoms. The van der Waals surface area contributed by atoms with E-state index in [1.807, 2.05) is 0 Å². The smallest absolute Gasteiger partial charge is 0.0363 e. The average molecular weight is 168 g/mol. The fourth-order valence-electron chi connectivity index (χ4n) is 2.87. The maximum atomic E-state index is 2.42. The Labute approximate surface area is 77.7 Å². The van der Waals surface area contributed by atoms with Crippen LogP contribution in [0.4, 0.5) is 0 Å². The van der Waals surface area contributed by atoms with Crippen LogP contribution in [0.15, 0.2) is 0 Å². The van der Waals surface area contributed by atoms with Crippen molar-refractivity contribution in [2.45, 2.75) is 53.4 Å². The molecule has 0 N–H and O–H groups in total. The van der Waals surface area contributed by atoms with E-state index in [2.05, 4.69) is 27.7 Å². The largest absolute Gasteiger partial charge is 0.0651 e. The van der Waals surface area contributed by atoms with Crippen LogP contribution in [-0.2, 0) is 0 Å². The quantitative estimate of drug-likeness (QED) is 0.582. The fraction of sp³-hybridized carbons (Fsp3) is 1.00. The van der Waals surface area contributed by atoms with Gasteiger partial charge in [-0.3, -0.25) is 0 Å². The summed E-state index contributed by atoms with van der Waals surface area (Å²) in [5.41, 5.74) is 0. The first-order valence-corrected chi connectivity index (χ1v) is 5.65. The molecule has 1 saturated carbocycles. The van der Waals surface area contributed by atoms with Gasteiger partial charge in [0, 0.05) is 0 Å². The lowest BCUT2D eigenvalue weighted by Gasteiger charge is -2.36. The molecule has 0 radical (unpaired) electrons. The minimum Gasteiger partial charge on any atom is -0.0651 e. The highest BCUT2D eigenvalue weighted by Crippen LogP contribution is 2.39. The summed E-state index contributed by atoms with van der Waals surface area (Å²) >= 11 is 0. The molecule has 0 unspecified atom stereocenters. The number of rotatable bonds is 2. The Kier molecular flexibility index (Phi) is 3.61. The SMILES string of the molecule is CC[C@H]1C[C@@H](C)CC[C@H]1C(C)C. The fourth-order valence-corrected chi connectivity index (χ4v) is 2.87. The van der Waals surface area contributed by atoms with Crippen molar-refractivity contribution in [2.75, 3.05) is 0 Å². The minimum absolute atomic E-state index is 0.905. The summed E-state index contributed by atoms with van der Waals surface area (Å²) < 4.78 is 0. The third-order valence-electron chi connectivity index (χ3n) is 3.68. The molecule has 0 heterocycles. The van der Waals surface area contributed by atoms with E-state index >= 15 is 0 Å². The topological polar surface area (TPSA) is 0 Å². The van der Waals surface area contributed by atoms with Gasteiger partial charge in [-0.05, 0) is 36.5 Å². The van der Waals surface area contributed by atoms with Gasteiger partial charge in [0.25, 0.3) is 0 Å². The van der Waals surface area contributed by atoms with Gasteiger partial charge in [-0.15, -0.1) is 0 Å². The molecule has 0 nitrogen and oxygen atoms in total. The van der Waals surface area contributed by atoms with E-state index in [9.17, 15) is 0 Å². The van der Waals surface area contributed by atoms with Gasteiger partial charge >= 0.3 is 0 Å². The molecule has 0 aliphatic heterocycles. The lowest BCUT2D eigenvalue weighted by molar-refractivity contribution is 0.140. The summed E-state index contributed by atoms with van der Waals surface area (Å²) in [5, 5.41) is 0. The molecule has 1 aliphatic rings. The van der Waals surface area contributed by atoms with Crippen molar-refractivity contribution in [3.63, 3.8) is 0 Å². The van der Waals surface area contributed by atoms with E-state index in [4.69, 9.17) is 0 Å². The van der Waals surface area contributed by atoms with Gasteiger partial charge in [0.05, 0.1) is 0 Å². The number of hydrogen-bond acceptors (Lipinski definition) is 0. The van der Waals surface area contributed by atoms with E-state index < -0.39 is 0 Å². The van der Waals surface area contributed by atoms with Crippen LogP contribution in [0.5, 0.6) is 0 Å². The third-order valence-corrected chi connectivity index (χ3v) is 3.68. The van der Waals surface area contributed by atoms with Crippen LogP contribution >= 0.6 is 0 Å². The van der Waals surface area contributed by atoms with Gasteiger partial charge in [0.1, 0.15) is 0 Å². The Balaban J connectivity index is 2.50. The van der Waals surface area contributed by atoms with Crippen molar-refractivity contribution in [3.8, 4) is 0 Å². The zero-order valence-corrected chi connectivity index (χ0v) is 9.14. The highest BCUT2D eigenvalue weighted by Gasteiger charge is 2.28. The van der Waals surface area contributed by atoms with Gasteiger partial charge in [-0.25, -0.2) is 0 Å². The Morgan fingerprint density at radius 2 is 1.92 bits per heavy atom. The van der Waals surface area contributed by atoms with Crippen LogP contribution in [0.3, 0.4) is 0 Å². The molecule has 72 valence electrons. The summed E-state index contributed by atoms with van der Waals surface area (Å²) in [6, 6.07) is 0. The first-order chi connectivity index (χ1) is 5.65. The molecule has 3 atom stereocenters. The van der Waals surface area contributed by atoms with E-state index in [0.29, 0.717) is 0 Å². The van der Waals surface area contributed by atoms with Gasteiger partial charge in [0.2, 0.25) is 0 Å². The van der Waals surface area contributed by atoms with Crippen LogP contribution in [0.2, 0.25) is 0 Å². The summed E-state index contributed by atoms with van der Waals surface area (Å²) in [6.45, 7) is 9.56. The van der Waals surface area contributed by atoms with Gasteiger partial charge < -0.3 is 0 Å². The van der Waals surface area contributed by atoms with E-state index in [0.717, 1.165) is 23.7 Å². The summed E-state index contributed by atoms with van der Waals surface area (Å²) in [5.74, 6) is 3.94. The minimum atomic E-state index is 0.905. The highest BCUT2D eigenvalue weighted by atomic mass is 14.3. The summed E-state index contributed by atoms with van der Waals surface area (Å²) in [7, 11) is 0. The molecular formula is C12H24. The zero-order valence-electron chi connectivity index (χ0n) is 9.14. The van der Waals surface area contributed by atoms with Gasteiger partial charge in [0.15, 0.2) is 0 Å². The zero-order chi connectivity index (χ0) is 9.14. The second-order valence-corrected chi connectivity index (χ2v) is 4.99. The lowest BCUT2D eigenvalue weighted by Crippen LogP contribution is -2.26. The Hall–Kier alpha value is 0. The van der Waals surface area contributed by atoms with E-state index in [-0.39, 0.29) is 0 Å². The van der Waals surface area contributed by atoms with Crippen LogP contribution in [0.1, 0.15) is 53.4 Å². The Morgan fingerprint density at radius 3 is 2.42 bits per heavy atom. The molecular weight excluding hydrogens is 144 g/mol. The molecule has 0 bridgehead atoms.